The molecule has 6 nitrogen and oxygen atoms in total. The monoisotopic (exact) mass is 165 g/mol. The third-order valence-electron chi connectivity index (χ3n) is 0.915. The molecule has 0 saturated heterocycles. The van der Waals surface area contributed by atoms with Gasteiger partial charge in [-0.15, -0.1) is 10.2 Å². The number of aryl methyl sites for hydroxylation is 1. The molecule has 1 heterocycles. The predicted molar refractivity (Wildman–Crippen MR) is 34.7 cm³/mol. The maximum Gasteiger partial charge on any atom is 0.245 e. The summed E-state index contributed by atoms with van der Waals surface area (Å²) in [5.74, 6) is 0. The van der Waals surface area contributed by atoms with E-state index in [2.05, 4.69) is 10.2 Å². The molecule has 58 valence electrons. The molecule has 0 aliphatic carbocycles. The average Bonchev–Trinajstić information content (AvgIpc) is 2.11. The molecule has 10 heavy (non-hydrogen) atoms. The molecule has 0 spiro atoms. The minimum absolute atomic E-state index is 0.229. The van der Waals surface area contributed by atoms with Crippen LogP contribution in [0.5, 0.6) is 0 Å². The zero-order chi connectivity index (χ0) is 7.78. The van der Waals surface area contributed by atoms with Crippen molar-refractivity contribution < 1.29 is 13.7 Å². The maximum atomic E-state index is 8.63. The van der Waals surface area contributed by atoms with Crippen LogP contribution in [-0.4, -0.2) is 28.4 Å². The van der Waals surface area contributed by atoms with E-state index in [1.807, 2.05) is 0 Å². The van der Waals surface area contributed by atoms with Crippen molar-refractivity contribution in [3.8, 4) is 0 Å². The normalized spacial score (nSPS) is 13.6. The molecule has 0 amide bonds. The first kappa shape index (κ1) is 7.48. The van der Waals surface area contributed by atoms with Crippen LogP contribution in [0.15, 0.2) is 11.5 Å². The quantitative estimate of drug-likeness (QED) is 0.560. The van der Waals surface area contributed by atoms with Gasteiger partial charge in [-0.3, -0.25) is 0 Å². The van der Waals surface area contributed by atoms with Gasteiger partial charge in [0.05, 0.1) is 0 Å². The second-order valence-corrected chi connectivity index (χ2v) is 3.15. The van der Waals surface area contributed by atoms with Gasteiger partial charge < -0.3 is 18.2 Å². The van der Waals surface area contributed by atoms with Crippen LogP contribution in [0.2, 0.25) is 0 Å². The van der Waals surface area contributed by atoms with Crippen molar-refractivity contribution in [2.45, 2.75) is 5.16 Å². The number of nitrogens with zero attached hydrogens (tertiary/aromatic N) is 3. The fourth-order valence-corrected chi connectivity index (χ4v) is 1.11. The Morgan fingerprint density at radius 3 is 2.30 bits per heavy atom. The van der Waals surface area contributed by atoms with Crippen molar-refractivity contribution >= 4 is 10.9 Å². The van der Waals surface area contributed by atoms with Gasteiger partial charge in [0.1, 0.15) is 6.33 Å². The van der Waals surface area contributed by atoms with E-state index in [1.165, 1.54) is 17.9 Å². The van der Waals surface area contributed by atoms with Crippen molar-refractivity contribution in [1.82, 2.24) is 14.8 Å². The molecular formula is C3H7N3O3S. The minimum atomic E-state index is -3.70. The van der Waals surface area contributed by atoms with Crippen LogP contribution in [-0.2, 0) is 7.05 Å². The lowest BCUT2D eigenvalue weighted by atomic mass is 11.1. The molecular weight excluding hydrogens is 158 g/mol. The summed E-state index contributed by atoms with van der Waals surface area (Å²) in [4.78, 5) is 0. The Bertz CT molecular complexity index is 229. The van der Waals surface area contributed by atoms with Crippen molar-refractivity contribution in [2.24, 2.45) is 7.05 Å². The molecule has 1 aromatic heterocycles. The summed E-state index contributed by atoms with van der Waals surface area (Å²) in [5.41, 5.74) is 0. The lowest BCUT2D eigenvalue weighted by Gasteiger charge is -2.15. The largest absolute Gasteiger partial charge is 0.308 e. The third-order valence-corrected chi connectivity index (χ3v) is 1.77. The Labute approximate surface area is 58.7 Å². The summed E-state index contributed by atoms with van der Waals surface area (Å²) in [6.07, 6.45) is 1.26. The smallest absolute Gasteiger partial charge is 0.245 e. The summed E-state index contributed by atoms with van der Waals surface area (Å²) in [7, 11) is -2.20. The van der Waals surface area contributed by atoms with Crippen molar-refractivity contribution in [3.05, 3.63) is 6.33 Å². The number of aromatic nitrogens is 3. The van der Waals surface area contributed by atoms with E-state index >= 15 is 0 Å². The van der Waals surface area contributed by atoms with E-state index in [1.54, 1.807) is 0 Å². The van der Waals surface area contributed by atoms with Crippen LogP contribution in [0.25, 0.3) is 0 Å². The number of rotatable bonds is 1. The van der Waals surface area contributed by atoms with Crippen LogP contribution < -0.4 is 0 Å². The van der Waals surface area contributed by atoms with Crippen molar-refractivity contribution in [1.29, 1.82) is 0 Å². The van der Waals surface area contributed by atoms with Crippen LogP contribution in [0.4, 0.5) is 0 Å². The van der Waals surface area contributed by atoms with Gasteiger partial charge in [0.25, 0.3) is 0 Å². The molecule has 0 atom stereocenters. The zero-order valence-corrected chi connectivity index (χ0v) is 5.99. The Morgan fingerprint density at radius 1 is 1.50 bits per heavy atom. The molecule has 0 unspecified atom stereocenters. The lowest BCUT2D eigenvalue weighted by Crippen LogP contribution is -2.03. The number of hydrogen-bond donors (Lipinski definition) is 3. The molecule has 0 aliphatic rings. The van der Waals surface area contributed by atoms with Gasteiger partial charge in [0, 0.05) is 7.05 Å². The molecule has 0 aliphatic heterocycles. The highest BCUT2D eigenvalue weighted by Gasteiger charge is 2.21. The Hall–Kier alpha value is -0.630. The Morgan fingerprint density at radius 2 is 2.10 bits per heavy atom. The molecule has 3 N–H and O–H groups in total. The topological polar surface area (TPSA) is 91.4 Å². The van der Waals surface area contributed by atoms with E-state index in [-0.39, 0.29) is 5.16 Å². The van der Waals surface area contributed by atoms with E-state index in [0.717, 1.165) is 0 Å². The molecule has 1 rings (SSSR count). The molecule has 0 saturated carbocycles. The maximum absolute atomic E-state index is 8.63. The van der Waals surface area contributed by atoms with Crippen molar-refractivity contribution in [3.63, 3.8) is 0 Å². The zero-order valence-electron chi connectivity index (χ0n) is 5.17. The predicted octanol–water partition coefficient (Wildman–Crippen LogP) is 0.398. The van der Waals surface area contributed by atoms with Crippen molar-refractivity contribution in [2.75, 3.05) is 0 Å². The molecule has 1 aromatic rings. The van der Waals surface area contributed by atoms with Gasteiger partial charge in [0.2, 0.25) is 5.16 Å². The minimum Gasteiger partial charge on any atom is -0.308 e. The fourth-order valence-electron chi connectivity index (χ4n) is 0.521. The van der Waals surface area contributed by atoms with Gasteiger partial charge in [0.15, 0.2) is 10.9 Å². The molecule has 7 heteroatoms. The number of hydrogen-bond acceptors (Lipinski definition) is 5. The van der Waals surface area contributed by atoms with Gasteiger partial charge in [-0.05, 0) is 0 Å². The highest BCUT2D eigenvalue weighted by atomic mass is 32.3. The van der Waals surface area contributed by atoms with E-state index in [9.17, 15) is 0 Å². The van der Waals surface area contributed by atoms with Crippen LogP contribution >= 0.6 is 10.9 Å². The lowest BCUT2D eigenvalue weighted by molar-refractivity contribution is 0.363. The first-order valence-corrected chi connectivity index (χ1v) is 3.87. The van der Waals surface area contributed by atoms with Crippen LogP contribution in [0, 0.1) is 0 Å². The summed E-state index contributed by atoms with van der Waals surface area (Å²) in [5, 5.41) is 6.40. The van der Waals surface area contributed by atoms with Gasteiger partial charge in [-0.25, -0.2) is 0 Å². The highest BCUT2D eigenvalue weighted by Crippen LogP contribution is 2.40. The fraction of sp³-hybridized carbons (Fsp3) is 0.333. The summed E-state index contributed by atoms with van der Waals surface area (Å²) >= 11 is 0. The highest BCUT2D eigenvalue weighted by molar-refractivity contribution is 8.19. The standard InChI is InChI=1S/C3H7N3O3S/c1-6-2-4-5-3(6)10(7,8)9/h2,7-9H,1H3. The second kappa shape index (κ2) is 2.20. The molecule has 0 aromatic carbocycles. The Kier molecular flexibility index (Phi) is 1.65. The van der Waals surface area contributed by atoms with E-state index in [0.29, 0.717) is 0 Å². The average molecular weight is 165 g/mol. The van der Waals surface area contributed by atoms with Gasteiger partial charge in [-0.2, -0.15) is 0 Å². The molecule has 0 bridgehead atoms. The summed E-state index contributed by atoms with van der Waals surface area (Å²) in [6, 6.07) is 0. The SMILES string of the molecule is Cn1cnnc1S(O)(O)O. The van der Waals surface area contributed by atoms with Gasteiger partial charge in [-0.1, -0.05) is 0 Å². The van der Waals surface area contributed by atoms with Crippen LogP contribution in [0.1, 0.15) is 0 Å². The van der Waals surface area contributed by atoms with Crippen LogP contribution in [0.3, 0.4) is 0 Å². The Balaban J connectivity index is 3.05. The summed E-state index contributed by atoms with van der Waals surface area (Å²) in [6.45, 7) is 0. The first-order valence-electron chi connectivity index (χ1n) is 2.36. The van der Waals surface area contributed by atoms with E-state index in [4.69, 9.17) is 13.7 Å². The van der Waals surface area contributed by atoms with E-state index < -0.39 is 10.9 Å². The summed E-state index contributed by atoms with van der Waals surface area (Å²) < 4.78 is 27.1. The second-order valence-electron chi connectivity index (χ2n) is 1.74. The molecule has 0 fully saturated rings. The first-order chi connectivity index (χ1) is 4.52. The molecule has 0 radical (unpaired) electrons. The van der Waals surface area contributed by atoms with Gasteiger partial charge >= 0.3 is 0 Å². The third kappa shape index (κ3) is 1.27.